The highest BCUT2D eigenvalue weighted by Crippen LogP contribution is 2.28. The molecule has 3 nitrogen and oxygen atoms in total. The van der Waals surface area contributed by atoms with Crippen LogP contribution >= 0.6 is 0 Å². The van der Waals surface area contributed by atoms with Crippen LogP contribution in [-0.4, -0.2) is 13.4 Å². The molecule has 110 valence electrons. The summed E-state index contributed by atoms with van der Waals surface area (Å²) in [4.78, 5) is 11.4. The van der Waals surface area contributed by atoms with Crippen molar-refractivity contribution in [1.82, 2.24) is 0 Å². The van der Waals surface area contributed by atoms with Gasteiger partial charge in [-0.15, -0.1) is 0 Å². The zero-order valence-electron chi connectivity index (χ0n) is 12.5. The fraction of sp³-hybridized carbons (Fsp3) is 0.278. The van der Waals surface area contributed by atoms with Crippen LogP contribution in [0.2, 0.25) is 0 Å². The molecular weight excluding hydrogens is 262 g/mol. The smallest absolute Gasteiger partial charge is 0.125 e. The number of aldehydes is 1. The minimum atomic E-state index is -0.0606. The number of nitrogens with one attached hydrogen (secondary N) is 1. The number of carbonyl (C=O) groups is 1. The van der Waals surface area contributed by atoms with Crippen LogP contribution in [0.3, 0.4) is 0 Å². The Morgan fingerprint density at radius 1 is 1.10 bits per heavy atom. The molecule has 0 spiro atoms. The SMILES string of the molecule is CC[C@H](C=O)[C@H](Nc1ccc(OC)cc1)c1ccccc1. The van der Waals surface area contributed by atoms with E-state index in [1.165, 1.54) is 0 Å². The molecule has 0 aromatic heterocycles. The molecule has 0 radical (unpaired) electrons. The molecule has 0 aliphatic heterocycles. The van der Waals surface area contributed by atoms with Crippen LogP contribution in [0.4, 0.5) is 5.69 Å². The van der Waals surface area contributed by atoms with E-state index in [2.05, 4.69) is 5.32 Å². The Morgan fingerprint density at radius 3 is 2.29 bits per heavy atom. The molecule has 0 aliphatic rings. The fourth-order valence-electron chi connectivity index (χ4n) is 2.38. The van der Waals surface area contributed by atoms with Crippen molar-refractivity contribution in [3.63, 3.8) is 0 Å². The van der Waals surface area contributed by atoms with Crippen molar-refractivity contribution in [2.75, 3.05) is 12.4 Å². The molecule has 0 fully saturated rings. The average Bonchev–Trinajstić information content (AvgIpc) is 2.56. The summed E-state index contributed by atoms with van der Waals surface area (Å²) in [7, 11) is 1.65. The second kappa shape index (κ2) is 7.48. The molecule has 0 saturated carbocycles. The van der Waals surface area contributed by atoms with Gasteiger partial charge in [-0.1, -0.05) is 37.3 Å². The maximum absolute atomic E-state index is 11.4. The van der Waals surface area contributed by atoms with E-state index in [1.807, 2.05) is 61.5 Å². The third kappa shape index (κ3) is 3.85. The number of hydrogen-bond donors (Lipinski definition) is 1. The van der Waals surface area contributed by atoms with Gasteiger partial charge in [0, 0.05) is 11.6 Å². The van der Waals surface area contributed by atoms with Gasteiger partial charge in [-0.25, -0.2) is 0 Å². The van der Waals surface area contributed by atoms with Crippen molar-refractivity contribution >= 4 is 12.0 Å². The van der Waals surface area contributed by atoms with Crippen molar-refractivity contribution < 1.29 is 9.53 Å². The van der Waals surface area contributed by atoms with Crippen molar-refractivity contribution in [3.05, 3.63) is 60.2 Å². The van der Waals surface area contributed by atoms with Gasteiger partial charge in [-0.3, -0.25) is 0 Å². The number of ether oxygens (including phenoxy) is 1. The van der Waals surface area contributed by atoms with E-state index < -0.39 is 0 Å². The molecule has 0 aliphatic carbocycles. The molecule has 2 aromatic rings. The lowest BCUT2D eigenvalue weighted by molar-refractivity contribution is -0.111. The van der Waals surface area contributed by atoms with Crippen LogP contribution in [0, 0.1) is 5.92 Å². The summed E-state index contributed by atoms with van der Waals surface area (Å²) in [5, 5.41) is 3.46. The van der Waals surface area contributed by atoms with Gasteiger partial charge in [0.1, 0.15) is 12.0 Å². The van der Waals surface area contributed by atoms with Crippen molar-refractivity contribution in [2.45, 2.75) is 19.4 Å². The molecule has 0 amide bonds. The van der Waals surface area contributed by atoms with E-state index in [0.29, 0.717) is 0 Å². The minimum absolute atomic E-state index is 0.0258. The Hall–Kier alpha value is -2.29. The summed E-state index contributed by atoms with van der Waals surface area (Å²) in [5.74, 6) is 0.758. The molecule has 2 rings (SSSR count). The van der Waals surface area contributed by atoms with E-state index in [1.54, 1.807) is 7.11 Å². The number of methoxy groups -OCH3 is 1. The molecule has 3 heteroatoms. The zero-order chi connectivity index (χ0) is 15.1. The summed E-state index contributed by atoms with van der Waals surface area (Å²) < 4.78 is 5.16. The lowest BCUT2D eigenvalue weighted by atomic mass is 9.92. The highest BCUT2D eigenvalue weighted by molar-refractivity contribution is 5.58. The predicted octanol–water partition coefficient (Wildman–Crippen LogP) is 4.07. The fourth-order valence-corrected chi connectivity index (χ4v) is 2.38. The standard InChI is InChI=1S/C18H21NO2/c1-3-14(13-20)18(15-7-5-4-6-8-15)19-16-9-11-17(21-2)12-10-16/h4-14,18-19H,3H2,1-2H3/t14-,18+/m1/s1. The molecule has 1 N–H and O–H groups in total. The summed E-state index contributed by atoms with van der Waals surface area (Å²) in [6.07, 6.45) is 1.83. The second-order valence-electron chi connectivity index (χ2n) is 4.97. The van der Waals surface area contributed by atoms with Crippen molar-refractivity contribution in [2.24, 2.45) is 5.92 Å². The lowest BCUT2D eigenvalue weighted by Crippen LogP contribution is -2.21. The van der Waals surface area contributed by atoms with Crippen LogP contribution in [0.1, 0.15) is 24.9 Å². The third-order valence-electron chi connectivity index (χ3n) is 3.65. The monoisotopic (exact) mass is 283 g/mol. The number of benzene rings is 2. The largest absolute Gasteiger partial charge is 0.497 e. The quantitative estimate of drug-likeness (QED) is 0.778. The average molecular weight is 283 g/mol. The van der Waals surface area contributed by atoms with E-state index >= 15 is 0 Å². The molecule has 21 heavy (non-hydrogen) atoms. The number of rotatable bonds is 7. The van der Waals surface area contributed by atoms with Crippen LogP contribution in [0.15, 0.2) is 54.6 Å². The van der Waals surface area contributed by atoms with Crippen LogP contribution in [0.5, 0.6) is 5.75 Å². The Morgan fingerprint density at radius 2 is 1.76 bits per heavy atom. The van der Waals surface area contributed by atoms with Gasteiger partial charge in [0.25, 0.3) is 0 Å². The van der Waals surface area contributed by atoms with Gasteiger partial charge in [0.15, 0.2) is 0 Å². The highest BCUT2D eigenvalue weighted by Gasteiger charge is 2.21. The molecule has 0 unspecified atom stereocenters. The Balaban J connectivity index is 2.24. The van der Waals surface area contributed by atoms with Gasteiger partial charge in [0.05, 0.1) is 13.2 Å². The van der Waals surface area contributed by atoms with Gasteiger partial charge in [0.2, 0.25) is 0 Å². The first kappa shape index (κ1) is 15.1. The first-order valence-corrected chi connectivity index (χ1v) is 7.19. The van der Waals surface area contributed by atoms with E-state index in [9.17, 15) is 4.79 Å². The highest BCUT2D eigenvalue weighted by atomic mass is 16.5. The first-order chi connectivity index (χ1) is 10.3. The Bertz CT molecular complexity index is 551. The minimum Gasteiger partial charge on any atom is -0.497 e. The van der Waals surface area contributed by atoms with Crippen molar-refractivity contribution in [1.29, 1.82) is 0 Å². The van der Waals surface area contributed by atoms with Crippen LogP contribution < -0.4 is 10.1 Å². The van der Waals surface area contributed by atoms with Gasteiger partial charge in [-0.05, 0) is 36.2 Å². The number of hydrogen-bond acceptors (Lipinski definition) is 3. The third-order valence-corrected chi connectivity index (χ3v) is 3.65. The molecule has 0 saturated heterocycles. The van der Waals surface area contributed by atoms with Crippen molar-refractivity contribution in [3.8, 4) is 5.75 Å². The molecule has 0 bridgehead atoms. The zero-order valence-corrected chi connectivity index (χ0v) is 12.5. The normalized spacial score (nSPS) is 13.2. The summed E-state index contributed by atoms with van der Waals surface area (Å²) in [5.41, 5.74) is 2.09. The Kier molecular flexibility index (Phi) is 5.38. The van der Waals surface area contributed by atoms with Gasteiger partial charge < -0.3 is 14.8 Å². The maximum Gasteiger partial charge on any atom is 0.125 e. The van der Waals surface area contributed by atoms with E-state index in [4.69, 9.17) is 4.74 Å². The molecule has 2 atom stereocenters. The van der Waals surface area contributed by atoms with Crippen LogP contribution in [-0.2, 0) is 4.79 Å². The summed E-state index contributed by atoms with van der Waals surface area (Å²) in [6.45, 7) is 2.03. The number of carbonyl (C=O) groups excluding carboxylic acids is 1. The van der Waals surface area contributed by atoms with Gasteiger partial charge >= 0.3 is 0 Å². The number of anilines is 1. The molecule has 2 aromatic carbocycles. The van der Waals surface area contributed by atoms with E-state index in [0.717, 1.165) is 29.7 Å². The Labute approximate surface area is 126 Å². The van der Waals surface area contributed by atoms with Crippen LogP contribution in [0.25, 0.3) is 0 Å². The van der Waals surface area contributed by atoms with Gasteiger partial charge in [-0.2, -0.15) is 0 Å². The predicted molar refractivity (Wildman–Crippen MR) is 85.6 cm³/mol. The maximum atomic E-state index is 11.4. The van der Waals surface area contributed by atoms with E-state index in [-0.39, 0.29) is 12.0 Å². The lowest BCUT2D eigenvalue weighted by Gasteiger charge is -2.25. The summed E-state index contributed by atoms with van der Waals surface area (Å²) >= 11 is 0. The second-order valence-corrected chi connectivity index (χ2v) is 4.97. The first-order valence-electron chi connectivity index (χ1n) is 7.19. The molecular formula is C18H21NO2. The molecule has 0 heterocycles. The topological polar surface area (TPSA) is 38.3 Å². The summed E-state index contributed by atoms with van der Waals surface area (Å²) in [6, 6.07) is 17.8.